The van der Waals surface area contributed by atoms with E-state index in [2.05, 4.69) is 86.8 Å². The molecule has 2 atom stereocenters. The summed E-state index contributed by atoms with van der Waals surface area (Å²) in [6, 6.07) is -0.731. The first kappa shape index (κ1) is 55.8. The zero-order valence-corrected chi connectivity index (χ0v) is 38.4. The number of rotatable bonds is 41. The first-order chi connectivity index (χ1) is 28.6. The molecule has 0 aliphatic heterocycles. The second kappa shape index (κ2) is 41.5. The van der Waals surface area contributed by atoms with E-state index in [1.807, 2.05) is 0 Å². The number of carboxylic acid groups (broad SMARTS) is 1. The zero-order valence-electron chi connectivity index (χ0n) is 38.4. The Morgan fingerprint density at radius 2 is 0.949 bits per heavy atom. The molecule has 0 radical (unpaired) electrons. The molecule has 8 heteroatoms. The highest BCUT2D eigenvalue weighted by atomic mass is 16.6. The molecule has 8 nitrogen and oxygen atoms in total. The van der Waals surface area contributed by atoms with Gasteiger partial charge in [-0.1, -0.05) is 170 Å². The Morgan fingerprint density at radius 3 is 1.41 bits per heavy atom. The van der Waals surface area contributed by atoms with Gasteiger partial charge in [0.2, 0.25) is 0 Å². The molecule has 0 aliphatic rings. The van der Waals surface area contributed by atoms with Gasteiger partial charge >= 0.3 is 11.9 Å². The maximum atomic E-state index is 12.7. The number of quaternary nitrogens is 1. The van der Waals surface area contributed by atoms with Crippen LogP contribution in [-0.2, 0) is 28.6 Å². The van der Waals surface area contributed by atoms with Crippen molar-refractivity contribution in [3.8, 4) is 0 Å². The van der Waals surface area contributed by atoms with Crippen LogP contribution in [0.1, 0.15) is 181 Å². The number of ether oxygens (including phenoxy) is 3. The highest BCUT2D eigenvalue weighted by Gasteiger charge is 2.25. The van der Waals surface area contributed by atoms with E-state index in [1.165, 1.54) is 57.8 Å². The van der Waals surface area contributed by atoms with Gasteiger partial charge in [0.1, 0.15) is 12.6 Å². The number of carbonyl (C=O) groups is 3. The lowest BCUT2D eigenvalue weighted by molar-refractivity contribution is -0.889. The summed E-state index contributed by atoms with van der Waals surface area (Å²) in [5, 5.41) is 11.6. The van der Waals surface area contributed by atoms with Crippen molar-refractivity contribution in [2.24, 2.45) is 0 Å². The summed E-state index contributed by atoms with van der Waals surface area (Å²) in [5.41, 5.74) is 0. The number of allylic oxidation sites excluding steroid dienone is 12. The molecular formula is C51H87NO7. The van der Waals surface area contributed by atoms with Crippen LogP contribution >= 0.6 is 0 Å². The number of nitrogens with zero attached hydrogens (tertiary/aromatic N) is 1. The fraction of sp³-hybridized carbons (Fsp3) is 0.706. The summed E-state index contributed by atoms with van der Waals surface area (Å²) in [7, 11) is 5.40. The van der Waals surface area contributed by atoms with Crippen molar-refractivity contribution in [1.82, 2.24) is 0 Å². The van der Waals surface area contributed by atoms with Crippen molar-refractivity contribution >= 4 is 17.9 Å². The number of hydrogen-bond acceptors (Lipinski definition) is 7. The number of carbonyl (C=O) groups excluding carboxylic acids is 3. The van der Waals surface area contributed by atoms with Gasteiger partial charge in [-0.05, 0) is 64.2 Å². The Morgan fingerprint density at radius 1 is 0.525 bits per heavy atom. The fourth-order valence-corrected chi connectivity index (χ4v) is 6.49. The van der Waals surface area contributed by atoms with Crippen molar-refractivity contribution in [3.05, 3.63) is 72.9 Å². The third-order valence-corrected chi connectivity index (χ3v) is 10.1. The molecule has 0 rings (SSSR count). The van der Waals surface area contributed by atoms with E-state index in [0.29, 0.717) is 12.8 Å². The molecule has 0 amide bonds. The molecule has 0 saturated heterocycles. The normalized spacial score (nSPS) is 13.6. The summed E-state index contributed by atoms with van der Waals surface area (Å²) in [4.78, 5) is 36.9. The molecular weight excluding hydrogens is 739 g/mol. The van der Waals surface area contributed by atoms with E-state index in [0.717, 1.165) is 89.9 Å². The third-order valence-electron chi connectivity index (χ3n) is 10.1. The van der Waals surface area contributed by atoms with E-state index in [9.17, 15) is 19.5 Å². The van der Waals surface area contributed by atoms with E-state index >= 15 is 0 Å². The lowest BCUT2D eigenvalue weighted by atomic mass is 10.0. The molecule has 0 N–H and O–H groups in total. The summed E-state index contributed by atoms with van der Waals surface area (Å²) in [6.45, 7) is 4.51. The largest absolute Gasteiger partial charge is 0.544 e. The summed E-state index contributed by atoms with van der Waals surface area (Å²) in [6.07, 6.45) is 52.1. The van der Waals surface area contributed by atoms with E-state index < -0.39 is 18.1 Å². The van der Waals surface area contributed by atoms with Gasteiger partial charge in [0.25, 0.3) is 0 Å². The standard InChI is InChI=1S/C51H87NO7/c1-6-8-10-12-14-16-18-20-21-22-23-24-25-26-27-28-29-30-32-33-35-37-39-41-49(53)58-46-47(45-57-44-43-48(51(55)56)52(3,4)5)59-50(54)42-40-38-36-34-31-19-17-15-13-11-9-7-2/h8,10,14,16,20-21,23-24,26-27,29-30,47-48H,6-7,9,11-13,15,17-19,22,25,28,31-46H2,1-5H3/b10-8+,16-14+,21-20+,24-23+,27-26+,30-29+. The van der Waals surface area contributed by atoms with Crippen molar-refractivity contribution in [2.45, 2.75) is 193 Å². The Kier molecular flexibility index (Phi) is 39.2. The molecule has 0 aliphatic carbocycles. The lowest BCUT2D eigenvalue weighted by Gasteiger charge is -2.34. The van der Waals surface area contributed by atoms with E-state index in [4.69, 9.17) is 14.2 Å². The van der Waals surface area contributed by atoms with E-state index in [1.54, 1.807) is 21.1 Å². The van der Waals surface area contributed by atoms with Crippen LogP contribution in [0, 0.1) is 0 Å². The molecule has 59 heavy (non-hydrogen) atoms. The average molecular weight is 826 g/mol. The number of aliphatic carboxylic acids is 1. The van der Waals surface area contributed by atoms with Crippen LogP contribution in [0.2, 0.25) is 0 Å². The van der Waals surface area contributed by atoms with Crippen LogP contribution in [0.5, 0.6) is 0 Å². The molecule has 0 aromatic rings. The number of esters is 2. The van der Waals surface area contributed by atoms with Gasteiger partial charge in [0, 0.05) is 19.3 Å². The van der Waals surface area contributed by atoms with Gasteiger partial charge in [0.05, 0.1) is 40.3 Å². The van der Waals surface area contributed by atoms with Crippen LogP contribution < -0.4 is 5.11 Å². The minimum atomic E-state index is -1.13. The molecule has 0 saturated carbocycles. The van der Waals surface area contributed by atoms with Crippen molar-refractivity contribution in [2.75, 3.05) is 41.0 Å². The Hall–Kier alpha value is -3.23. The molecule has 0 bridgehead atoms. The van der Waals surface area contributed by atoms with Gasteiger partial charge < -0.3 is 28.6 Å². The summed E-state index contributed by atoms with van der Waals surface area (Å²) in [5.74, 6) is -1.77. The number of hydrogen-bond donors (Lipinski definition) is 0. The maximum Gasteiger partial charge on any atom is 0.306 e. The second-order valence-corrected chi connectivity index (χ2v) is 16.6. The smallest absolute Gasteiger partial charge is 0.306 e. The number of unbranched alkanes of at least 4 members (excludes halogenated alkanes) is 15. The SMILES string of the molecule is CC/C=C/C/C=C/C/C=C/C/C=C/C/C=C/C/C=C/CCCCCCC(=O)OCC(COCCC(C(=O)[O-])[N+](C)(C)C)OC(=O)CCCCCCCCCCCCCC. The highest BCUT2D eigenvalue weighted by molar-refractivity contribution is 5.70. The number of likely N-dealkylation sites (N-methyl/N-ethyl adjacent to an activating group) is 1. The van der Waals surface area contributed by atoms with Gasteiger partial charge in [-0.15, -0.1) is 0 Å². The molecule has 0 fully saturated rings. The van der Waals surface area contributed by atoms with Gasteiger partial charge in [-0.2, -0.15) is 0 Å². The first-order valence-electron chi connectivity index (χ1n) is 23.5. The topological polar surface area (TPSA) is 102 Å². The second-order valence-electron chi connectivity index (χ2n) is 16.6. The van der Waals surface area contributed by atoms with Crippen LogP contribution in [0.3, 0.4) is 0 Å². The monoisotopic (exact) mass is 826 g/mol. The quantitative estimate of drug-likeness (QED) is 0.0262. The van der Waals surface area contributed by atoms with Crippen LogP contribution in [-0.4, -0.2) is 75.5 Å². The molecule has 2 unspecified atom stereocenters. The highest BCUT2D eigenvalue weighted by Crippen LogP contribution is 2.14. The molecule has 0 aromatic heterocycles. The Labute approximate surface area is 361 Å². The Bertz CT molecular complexity index is 1190. The molecule has 338 valence electrons. The van der Waals surface area contributed by atoms with Crippen LogP contribution in [0.15, 0.2) is 72.9 Å². The van der Waals surface area contributed by atoms with Crippen LogP contribution in [0.4, 0.5) is 0 Å². The van der Waals surface area contributed by atoms with Crippen molar-refractivity contribution in [3.63, 3.8) is 0 Å². The lowest BCUT2D eigenvalue weighted by Crippen LogP contribution is -2.55. The molecule has 0 aromatic carbocycles. The van der Waals surface area contributed by atoms with Crippen LogP contribution in [0.25, 0.3) is 0 Å². The Balaban J connectivity index is 4.32. The minimum absolute atomic E-state index is 0.0307. The fourth-order valence-electron chi connectivity index (χ4n) is 6.49. The minimum Gasteiger partial charge on any atom is -0.544 e. The van der Waals surface area contributed by atoms with Crippen molar-refractivity contribution in [1.29, 1.82) is 0 Å². The van der Waals surface area contributed by atoms with Crippen molar-refractivity contribution < 1.29 is 38.2 Å². The number of carboxylic acids is 1. The average Bonchev–Trinajstić information content (AvgIpc) is 3.19. The molecule has 0 spiro atoms. The predicted octanol–water partition coefficient (Wildman–Crippen LogP) is 11.8. The predicted molar refractivity (Wildman–Crippen MR) is 245 cm³/mol. The summed E-state index contributed by atoms with van der Waals surface area (Å²) < 4.78 is 17.2. The van der Waals surface area contributed by atoms with Gasteiger partial charge in [0.15, 0.2) is 6.10 Å². The van der Waals surface area contributed by atoms with E-state index in [-0.39, 0.29) is 42.7 Å². The molecule has 0 heterocycles. The zero-order chi connectivity index (χ0) is 43.5. The van der Waals surface area contributed by atoms with Gasteiger partial charge in [-0.3, -0.25) is 9.59 Å². The first-order valence-corrected chi connectivity index (χ1v) is 23.5. The van der Waals surface area contributed by atoms with Gasteiger partial charge in [-0.25, -0.2) is 0 Å². The third kappa shape index (κ3) is 40.0. The summed E-state index contributed by atoms with van der Waals surface area (Å²) >= 11 is 0. The maximum absolute atomic E-state index is 12.7.